The fraction of sp³-hybridized carbons (Fsp3) is 0.458. The minimum atomic E-state index is -3.32. The van der Waals surface area contributed by atoms with Crippen molar-refractivity contribution in [2.45, 2.75) is 69.7 Å². The van der Waals surface area contributed by atoms with Gasteiger partial charge in [-0.05, 0) is 41.0 Å². The molecule has 1 aliphatic rings. The molecule has 6 heteroatoms. The predicted octanol–water partition coefficient (Wildman–Crippen LogP) is 4.64. The Morgan fingerprint density at radius 2 is 1.53 bits per heavy atom. The van der Waals surface area contributed by atoms with Crippen LogP contribution < -0.4 is 5.32 Å². The summed E-state index contributed by atoms with van der Waals surface area (Å²) in [4.78, 5) is 13.5. The molecule has 0 bridgehead atoms. The Labute approximate surface area is 179 Å². The van der Waals surface area contributed by atoms with Crippen molar-refractivity contribution in [1.29, 1.82) is 0 Å². The minimum Gasteiger partial charge on any atom is -0.507 e. The Morgan fingerprint density at radius 1 is 1.00 bits per heavy atom. The highest BCUT2D eigenvalue weighted by Crippen LogP contribution is 2.40. The number of phenols is 1. The van der Waals surface area contributed by atoms with E-state index in [1.807, 2.05) is 41.5 Å². The molecule has 3 rings (SSSR count). The van der Waals surface area contributed by atoms with Crippen molar-refractivity contribution in [3.63, 3.8) is 0 Å². The first-order valence-electron chi connectivity index (χ1n) is 10.2. The van der Waals surface area contributed by atoms with Crippen LogP contribution in [0.5, 0.6) is 5.75 Å². The van der Waals surface area contributed by atoms with Crippen LogP contribution in [0.4, 0.5) is 0 Å². The third-order valence-corrected chi connectivity index (χ3v) is 7.41. The fourth-order valence-electron chi connectivity index (χ4n) is 3.89. The summed E-state index contributed by atoms with van der Waals surface area (Å²) in [5.41, 5.74) is 1.84. The molecule has 0 fully saturated rings. The number of aromatic hydroxyl groups is 1. The molecule has 2 N–H and O–H groups in total. The predicted molar refractivity (Wildman–Crippen MR) is 119 cm³/mol. The van der Waals surface area contributed by atoms with Gasteiger partial charge >= 0.3 is 0 Å². The van der Waals surface area contributed by atoms with Gasteiger partial charge in [0.15, 0.2) is 9.84 Å². The number of phenolic OH excluding ortho intramolecular Hbond substituents is 1. The van der Waals surface area contributed by atoms with Crippen LogP contribution in [0.1, 0.15) is 81.1 Å². The van der Waals surface area contributed by atoms with Gasteiger partial charge in [0.25, 0.3) is 5.91 Å². The molecule has 1 aliphatic heterocycles. The van der Waals surface area contributed by atoms with Crippen LogP contribution in [0, 0.1) is 0 Å². The maximum absolute atomic E-state index is 13.2. The third-order valence-electron chi connectivity index (χ3n) is 5.60. The summed E-state index contributed by atoms with van der Waals surface area (Å²) in [6.45, 7) is 12.0. The van der Waals surface area contributed by atoms with Gasteiger partial charge < -0.3 is 10.4 Å². The molecule has 2 aromatic rings. The molecular weight excluding hydrogens is 398 g/mol. The van der Waals surface area contributed by atoms with Gasteiger partial charge in [-0.25, -0.2) is 8.42 Å². The number of sulfone groups is 1. The van der Waals surface area contributed by atoms with Gasteiger partial charge in [0.2, 0.25) is 0 Å². The van der Waals surface area contributed by atoms with E-state index in [1.54, 1.807) is 36.4 Å². The topological polar surface area (TPSA) is 83.5 Å². The zero-order valence-electron chi connectivity index (χ0n) is 18.5. The number of nitrogens with one attached hydrogen (secondary N) is 1. The fourth-order valence-corrected chi connectivity index (χ4v) is 5.51. The zero-order valence-corrected chi connectivity index (χ0v) is 19.4. The highest BCUT2D eigenvalue weighted by Gasteiger charge is 2.32. The SMILES string of the molecule is CC(C)(C)c1cc(C(=O)NC2CCS(=O)(=O)c3ccccc32)cc(C(C)(C)C)c1O. The van der Waals surface area contributed by atoms with Crippen LogP contribution in [0.15, 0.2) is 41.3 Å². The molecule has 0 aliphatic carbocycles. The van der Waals surface area contributed by atoms with Crippen LogP contribution in [-0.4, -0.2) is 25.2 Å². The second kappa shape index (κ2) is 7.41. The number of rotatable bonds is 2. The molecule has 0 radical (unpaired) electrons. The summed E-state index contributed by atoms with van der Waals surface area (Å²) < 4.78 is 24.8. The van der Waals surface area contributed by atoms with Crippen molar-refractivity contribution in [2.24, 2.45) is 0 Å². The van der Waals surface area contributed by atoms with E-state index in [0.29, 0.717) is 28.7 Å². The zero-order chi connectivity index (χ0) is 22.5. The lowest BCUT2D eigenvalue weighted by atomic mass is 9.78. The van der Waals surface area contributed by atoms with Gasteiger partial charge in [-0.15, -0.1) is 0 Å². The van der Waals surface area contributed by atoms with Crippen LogP contribution in [0.3, 0.4) is 0 Å². The molecule has 0 saturated carbocycles. The number of carbonyl (C=O) groups excluding carboxylic acids is 1. The molecule has 1 amide bonds. The first kappa shape index (κ1) is 22.3. The molecule has 0 spiro atoms. The van der Waals surface area contributed by atoms with Gasteiger partial charge in [-0.1, -0.05) is 59.7 Å². The number of fused-ring (bicyclic) bond motifs is 1. The van der Waals surface area contributed by atoms with Crippen LogP contribution in [0.25, 0.3) is 0 Å². The van der Waals surface area contributed by atoms with E-state index >= 15 is 0 Å². The lowest BCUT2D eigenvalue weighted by Gasteiger charge is -2.29. The molecule has 0 saturated heterocycles. The van der Waals surface area contributed by atoms with Crippen molar-refractivity contribution in [3.05, 3.63) is 58.7 Å². The molecule has 5 nitrogen and oxygen atoms in total. The Balaban J connectivity index is 2.02. The van der Waals surface area contributed by atoms with E-state index in [-0.39, 0.29) is 39.2 Å². The Bertz CT molecular complexity index is 1050. The monoisotopic (exact) mass is 429 g/mol. The average Bonchev–Trinajstić information content (AvgIpc) is 2.62. The highest BCUT2D eigenvalue weighted by atomic mass is 32.2. The summed E-state index contributed by atoms with van der Waals surface area (Å²) in [7, 11) is -3.32. The van der Waals surface area contributed by atoms with E-state index in [9.17, 15) is 18.3 Å². The quantitative estimate of drug-likeness (QED) is 0.729. The number of amides is 1. The number of carbonyl (C=O) groups is 1. The second-order valence-electron chi connectivity index (χ2n) is 10.1. The molecule has 2 aromatic carbocycles. The summed E-state index contributed by atoms with van der Waals surface area (Å²) in [5.74, 6) is -0.0452. The Kier molecular flexibility index (Phi) is 5.52. The largest absolute Gasteiger partial charge is 0.507 e. The second-order valence-corrected chi connectivity index (χ2v) is 12.2. The molecule has 30 heavy (non-hydrogen) atoms. The van der Waals surface area contributed by atoms with E-state index in [4.69, 9.17) is 0 Å². The summed E-state index contributed by atoms with van der Waals surface area (Å²) >= 11 is 0. The number of hydrogen-bond donors (Lipinski definition) is 2. The van der Waals surface area contributed by atoms with Crippen molar-refractivity contribution in [3.8, 4) is 5.75 Å². The standard InChI is InChI=1S/C24H31NO4S/c1-23(2,3)17-13-15(14-18(21(17)26)24(4,5)6)22(27)25-19-11-12-30(28,29)20-10-8-7-9-16(19)20/h7-10,13-14,19,26H,11-12H2,1-6H3,(H,25,27). The molecule has 0 aromatic heterocycles. The smallest absolute Gasteiger partial charge is 0.251 e. The highest BCUT2D eigenvalue weighted by molar-refractivity contribution is 7.91. The maximum atomic E-state index is 13.2. The Morgan fingerprint density at radius 3 is 2.07 bits per heavy atom. The average molecular weight is 430 g/mol. The van der Waals surface area contributed by atoms with E-state index < -0.39 is 9.84 Å². The van der Waals surface area contributed by atoms with Gasteiger partial charge in [-0.2, -0.15) is 0 Å². The summed E-state index contributed by atoms with van der Waals surface area (Å²) in [5, 5.41) is 13.9. The van der Waals surface area contributed by atoms with E-state index in [0.717, 1.165) is 0 Å². The van der Waals surface area contributed by atoms with E-state index in [2.05, 4.69) is 5.32 Å². The molecule has 1 unspecified atom stereocenters. The van der Waals surface area contributed by atoms with Crippen molar-refractivity contribution >= 4 is 15.7 Å². The summed E-state index contributed by atoms with van der Waals surface area (Å²) in [6.07, 6.45) is 0.335. The minimum absolute atomic E-state index is 0.00498. The first-order chi connectivity index (χ1) is 13.7. The number of benzene rings is 2. The lowest BCUT2D eigenvalue weighted by molar-refractivity contribution is 0.0934. The summed E-state index contributed by atoms with van der Waals surface area (Å²) in [6, 6.07) is 9.95. The van der Waals surface area contributed by atoms with Gasteiger partial charge in [0.05, 0.1) is 16.7 Å². The van der Waals surface area contributed by atoms with Crippen molar-refractivity contribution < 1.29 is 18.3 Å². The van der Waals surface area contributed by atoms with Gasteiger partial charge in [-0.3, -0.25) is 4.79 Å². The van der Waals surface area contributed by atoms with Gasteiger partial charge in [0.1, 0.15) is 5.75 Å². The van der Waals surface area contributed by atoms with Gasteiger partial charge in [0, 0.05) is 16.7 Å². The molecule has 162 valence electrons. The van der Waals surface area contributed by atoms with Crippen LogP contribution in [0.2, 0.25) is 0 Å². The molecule has 1 atom stereocenters. The van der Waals surface area contributed by atoms with E-state index in [1.165, 1.54) is 0 Å². The lowest BCUT2D eigenvalue weighted by Crippen LogP contribution is -2.34. The van der Waals surface area contributed by atoms with Crippen LogP contribution >= 0.6 is 0 Å². The van der Waals surface area contributed by atoms with Crippen molar-refractivity contribution in [1.82, 2.24) is 5.32 Å². The molecular formula is C24H31NO4S. The normalized spacial score (nSPS) is 18.5. The molecule has 1 heterocycles. The maximum Gasteiger partial charge on any atom is 0.251 e. The first-order valence-corrected chi connectivity index (χ1v) is 11.9. The van der Waals surface area contributed by atoms with Crippen LogP contribution in [-0.2, 0) is 20.7 Å². The number of hydrogen-bond acceptors (Lipinski definition) is 4. The Hall–Kier alpha value is -2.34. The van der Waals surface area contributed by atoms with Crippen molar-refractivity contribution in [2.75, 3.05) is 5.75 Å². The third kappa shape index (κ3) is 4.24.